The molecule has 0 fully saturated rings. The summed E-state index contributed by atoms with van der Waals surface area (Å²) < 4.78 is 23.2. The zero-order chi connectivity index (χ0) is 14.4. The Balaban J connectivity index is 2.01. The molecular weight excluding hydrogens is 270 g/mol. The standard InChI is InChI=1S/C16H23NO2S/c1-20(18,19)13-16(15-10-6-3-7-11-15)17-12-14-8-4-2-5-9-14/h2-4,6-7,10-11,14,16-17H,5,8-9,12-13H2,1H3/t14-,16-/m1/s1. The highest BCUT2D eigenvalue weighted by Gasteiger charge is 2.19. The highest BCUT2D eigenvalue weighted by molar-refractivity contribution is 7.90. The van der Waals surface area contributed by atoms with Gasteiger partial charge in [-0.25, -0.2) is 8.42 Å². The molecule has 0 aromatic heterocycles. The van der Waals surface area contributed by atoms with Gasteiger partial charge in [-0.05, 0) is 37.3 Å². The third-order valence-corrected chi connectivity index (χ3v) is 4.64. The summed E-state index contributed by atoms with van der Waals surface area (Å²) >= 11 is 0. The van der Waals surface area contributed by atoms with Crippen LogP contribution in [0.1, 0.15) is 30.9 Å². The van der Waals surface area contributed by atoms with Crippen molar-refractivity contribution in [2.24, 2.45) is 5.92 Å². The Morgan fingerprint density at radius 2 is 2.00 bits per heavy atom. The van der Waals surface area contributed by atoms with Crippen molar-refractivity contribution in [2.45, 2.75) is 25.3 Å². The molecule has 0 unspecified atom stereocenters. The van der Waals surface area contributed by atoms with Gasteiger partial charge in [0, 0.05) is 12.3 Å². The van der Waals surface area contributed by atoms with Gasteiger partial charge in [-0.3, -0.25) is 0 Å². The van der Waals surface area contributed by atoms with Crippen molar-refractivity contribution in [3.8, 4) is 0 Å². The minimum absolute atomic E-state index is 0.114. The van der Waals surface area contributed by atoms with Gasteiger partial charge in [-0.15, -0.1) is 0 Å². The summed E-state index contributed by atoms with van der Waals surface area (Å²) in [6, 6.07) is 9.72. The summed E-state index contributed by atoms with van der Waals surface area (Å²) in [4.78, 5) is 0. The van der Waals surface area contributed by atoms with Crippen molar-refractivity contribution in [2.75, 3.05) is 18.6 Å². The molecule has 0 amide bonds. The van der Waals surface area contributed by atoms with Gasteiger partial charge in [0.25, 0.3) is 0 Å². The molecule has 2 atom stereocenters. The van der Waals surface area contributed by atoms with E-state index >= 15 is 0 Å². The fourth-order valence-electron chi connectivity index (χ4n) is 2.61. The third kappa shape index (κ3) is 5.10. The zero-order valence-corrected chi connectivity index (χ0v) is 12.8. The van der Waals surface area contributed by atoms with Crippen LogP contribution >= 0.6 is 0 Å². The maximum absolute atomic E-state index is 11.6. The molecule has 0 heterocycles. The van der Waals surface area contributed by atoms with E-state index in [1.54, 1.807) is 0 Å². The molecule has 1 N–H and O–H groups in total. The van der Waals surface area contributed by atoms with Crippen LogP contribution in [0.3, 0.4) is 0 Å². The van der Waals surface area contributed by atoms with Crippen LogP contribution in [0, 0.1) is 5.92 Å². The molecule has 1 aromatic carbocycles. The Hall–Kier alpha value is -1.13. The average Bonchev–Trinajstić information content (AvgIpc) is 2.44. The topological polar surface area (TPSA) is 46.2 Å². The molecular formula is C16H23NO2S. The lowest BCUT2D eigenvalue weighted by molar-refractivity contribution is 0.415. The first-order valence-electron chi connectivity index (χ1n) is 7.15. The Morgan fingerprint density at radius 3 is 2.60 bits per heavy atom. The van der Waals surface area contributed by atoms with Crippen LogP contribution in [0.15, 0.2) is 42.5 Å². The van der Waals surface area contributed by atoms with Gasteiger partial charge in [0.1, 0.15) is 9.84 Å². The molecule has 0 saturated heterocycles. The molecule has 0 aliphatic heterocycles. The largest absolute Gasteiger partial charge is 0.309 e. The van der Waals surface area contributed by atoms with Crippen LogP contribution in [0.2, 0.25) is 0 Å². The fraction of sp³-hybridized carbons (Fsp3) is 0.500. The Morgan fingerprint density at radius 1 is 1.25 bits per heavy atom. The molecule has 3 nitrogen and oxygen atoms in total. The minimum Gasteiger partial charge on any atom is -0.309 e. The van der Waals surface area contributed by atoms with Gasteiger partial charge in [0.05, 0.1) is 5.75 Å². The highest BCUT2D eigenvalue weighted by Crippen LogP contribution is 2.20. The van der Waals surface area contributed by atoms with Crippen LogP contribution in [0.4, 0.5) is 0 Å². The molecule has 20 heavy (non-hydrogen) atoms. The van der Waals surface area contributed by atoms with Crippen LogP contribution in [0.5, 0.6) is 0 Å². The molecule has 0 spiro atoms. The molecule has 1 aromatic rings. The van der Waals surface area contributed by atoms with Gasteiger partial charge in [0.2, 0.25) is 0 Å². The van der Waals surface area contributed by atoms with E-state index in [1.165, 1.54) is 12.7 Å². The van der Waals surface area contributed by atoms with Crippen LogP contribution in [0.25, 0.3) is 0 Å². The monoisotopic (exact) mass is 293 g/mol. The predicted molar refractivity (Wildman–Crippen MR) is 83.4 cm³/mol. The van der Waals surface area contributed by atoms with Crippen molar-refractivity contribution in [3.63, 3.8) is 0 Å². The maximum Gasteiger partial charge on any atom is 0.149 e. The fourth-order valence-corrected chi connectivity index (χ4v) is 3.53. The quantitative estimate of drug-likeness (QED) is 0.820. The minimum atomic E-state index is -3.00. The van der Waals surface area contributed by atoms with Crippen molar-refractivity contribution in [3.05, 3.63) is 48.0 Å². The molecule has 0 bridgehead atoms. The number of allylic oxidation sites excluding steroid dienone is 2. The van der Waals surface area contributed by atoms with Crippen molar-refractivity contribution >= 4 is 9.84 Å². The van der Waals surface area contributed by atoms with E-state index < -0.39 is 9.84 Å². The van der Waals surface area contributed by atoms with Crippen molar-refractivity contribution < 1.29 is 8.42 Å². The zero-order valence-electron chi connectivity index (χ0n) is 12.0. The van der Waals surface area contributed by atoms with E-state index in [9.17, 15) is 8.42 Å². The SMILES string of the molecule is CS(=O)(=O)C[C@@H](NC[C@@H]1CC=CCC1)c1ccccc1. The smallest absolute Gasteiger partial charge is 0.149 e. The van der Waals surface area contributed by atoms with Gasteiger partial charge >= 0.3 is 0 Å². The van der Waals surface area contributed by atoms with E-state index in [2.05, 4.69) is 17.5 Å². The van der Waals surface area contributed by atoms with Gasteiger partial charge < -0.3 is 5.32 Å². The molecule has 0 radical (unpaired) electrons. The summed E-state index contributed by atoms with van der Waals surface area (Å²) in [6.07, 6.45) is 9.16. The summed E-state index contributed by atoms with van der Waals surface area (Å²) in [6.45, 7) is 0.874. The second-order valence-electron chi connectivity index (χ2n) is 5.61. The summed E-state index contributed by atoms with van der Waals surface area (Å²) in [5.74, 6) is 0.769. The lowest BCUT2D eigenvalue weighted by Gasteiger charge is -2.23. The van der Waals surface area contributed by atoms with E-state index in [0.29, 0.717) is 5.92 Å². The first kappa shape index (κ1) is 15.3. The second kappa shape index (κ2) is 7.04. The van der Waals surface area contributed by atoms with E-state index in [1.807, 2.05) is 30.3 Å². The second-order valence-corrected chi connectivity index (χ2v) is 7.80. The molecule has 1 aliphatic carbocycles. The highest BCUT2D eigenvalue weighted by atomic mass is 32.2. The van der Waals surface area contributed by atoms with Gasteiger partial charge in [-0.1, -0.05) is 42.5 Å². The Kier molecular flexibility index (Phi) is 5.38. The molecule has 2 rings (SSSR count). The summed E-state index contributed by atoms with van der Waals surface area (Å²) in [7, 11) is -3.00. The van der Waals surface area contributed by atoms with E-state index in [0.717, 1.165) is 24.9 Å². The maximum atomic E-state index is 11.6. The molecule has 1 aliphatic rings. The van der Waals surface area contributed by atoms with Gasteiger partial charge in [0.15, 0.2) is 0 Å². The lowest BCUT2D eigenvalue weighted by atomic mass is 9.94. The first-order valence-corrected chi connectivity index (χ1v) is 9.22. The average molecular weight is 293 g/mol. The van der Waals surface area contributed by atoms with Crippen LogP contribution < -0.4 is 5.32 Å². The van der Waals surface area contributed by atoms with Crippen molar-refractivity contribution in [1.82, 2.24) is 5.32 Å². The van der Waals surface area contributed by atoms with Crippen LogP contribution in [-0.4, -0.2) is 27.0 Å². The molecule has 4 heteroatoms. The number of nitrogens with one attached hydrogen (secondary N) is 1. The first-order chi connectivity index (χ1) is 9.54. The van der Waals surface area contributed by atoms with Crippen LogP contribution in [-0.2, 0) is 9.84 Å². The van der Waals surface area contributed by atoms with E-state index in [-0.39, 0.29) is 11.8 Å². The summed E-state index contributed by atoms with van der Waals surface area (Å²) in [5.41, 5.74) is 1.05. The third-order valence-electron chi connectivity index (χ3n) is 3.70. The number of benzene rings is 1. The molecule has 110 valence electrons. The number of hydrogen-bond donors (Lipinski definition) is 1. The number of rotatable bonds is 6. The number of sulfone groups is 1. The number of hydrogen-bond acceptors (Lipinski definition) is 3. The Labute approximate surface area is 122 Å². The normalized spacial score (nSPS) is 20.8. The van der Waals surface area contributed by atoms with Crippen molar-refractivity contribution in [1.29, 1.82) is 0 Å². The Bertz CT molecular complexity index is 537. The van der Waals surface area contributed by atoms with E-state index in [4.69, 9.17) is 0 Å². The molecule has 0 saturated carbocycles. The lowest BCUT2D eigenvalue weighted by Crippen LogP contribution is -2.32. The predicted octanol–water partition coefficient (Wildman–Crippen LogP) is 2.72. The summed E-state index contributed by atoms with van der Waals surface area (Å²) in [5, 5.41) is 3.45. The van der Waals surface area contributed by atoms with Gasteiger partial charge in [-0.2, -0.15) is 0 Å².